The molecule has 3 rings (SSSR count). The fourth-order valence-electron chi connectivity index (χ4n) is 2.91. The predicted octanol–water partition coefficient (Wildman–Crippen LogP) is 0.0217. The van der Waals surface area contributed by atoms with Crippen LogP contribution in [0.2, 0.25) is 0 Å². The lowest BCUT2D eigenvalue weighted by Gasteiger charge is -2.52. The Hall–Kier alpha value is -1.66. The Morgan fingerprint density at radius 3 is 3.16 bits per heavy atom. The molecule has 0 radical (unpaired) electrons. The predicted molar refractivity (Wildman–Crippen MR) is 67.6 cm³/mol. The van der Waals surface area contributed by atoms with Crippen LogP contribution in [0.3, 0.4) is 0 Å². The van der Waals surface area contributed by atoms with Gasteiger partial charge in [-0.05, 0) is 18.9 Å². The molecule has 102 valence electrons. The summed E-state index contributed by atoms with van der Waals surface area (Å²) in [4.78, 5) is 15.8. The van der Waals surface area contributed by atoms with Crippen molar-refractivity contribution in [1.82, 2.24) is 10.3 Å². The number of carbonyl (C=O) groups excluding carboxylic acids is 1. The van der Waals surface area contributed by atoms with Crippen molar-refractivity contribution in [3.63, 3.8) is 0 Å². The van der Waals surface area contributed by atoms with Gasteiger partial charge in [-0.1, -0.05) is 0 Å². The minimum absolute atomic E-state index is 0.0259. The monoisotopic (exact) mass is 263 g/mol. The average Bonchev–Trinajstić information content (AvgIpc) is 2.44. The van der Waals surface area contributed by atoms with Crippen LogP contribution in [0.15, 0.2) is 18.5 Å². The van der Waals surface area contributed by atoms with Crippen molar-refractivity contribution in [2.45, 2.75) is 31.0 Å². The number of fused-ring (bicyclic) bond motifs is 1. The van der Waals surface area contributed by atoms with E-state index in [0.29, 0.717) is 11.5 Å². The van der Waals surface area contributed by atoms with Crippen LogP contribution in [-0.2, 0) is 4.74 Å². The molecule has 1 saturated carbocycles. The van der Waals surface area contributed by atoms with E-state index in [1.54, 1.807) is 0 Å². The highest BCUT2D eigenvalue weighted by Gasteiger charge is 2.51. The maximum atomic E-state index is 12.0. The highest BCUT2D eigenvalue weighted by atomic mass is 16.5. The third kappa shape index (κ3) is 2.17. The zero-order chi connectivity index (χ0) is 13.4. The Morgan fingerprint density at radius 2 is 2.37 bits per heavy atom. The van der Waals surface area contributed by atoms with Gasteiger partial charge in [0.1, 0.15) is 5.75 Å². The molecule has 4 unspecified atom stereocenters. The van der Waals surface area contributed by atoms with Gasteiger partial charge in [-0.3, -0.25) is 9.78 Å². The third-order valence-corrected chi connectivity index (χ3v) is 3.96. The molecule has 2 fully saturated rings. The van der Waals surface area contributed by atoms with Crippen molar-refractivity contribution in [3.05, 3.63) is 24.0 Å². The molecule has 1 amide bonds. The molecule has 1 aromatic heterocycles. The molecule has 0 bridgehead atoms. The van der Waals surface area contributed by atoms with Crippen LogP contribution in [0.25, 0.3) is 0 Å². The van der Waals surface area contributed by atoms with Gasteiger partial charge in [0.05, 0.1) is 23.9 Å². The largest absolute Gasteiger partial charge is 0.506 e. The van der Waals surface area contributed by atoms with Crippen LogP contribution in [0.4, 0.5) is 0 Å². The van der Waals surface area contributed by atoms with E-state index in [1.165, 1.54) is 18.5 Å². The van der Waals surface area contributed by atoms with Crippen LogP contribution >= 0.6 is 0 Å². The van der Waals surface area contributed by atoms with Crippen molar-refractivity contribution in [3.8, 4) is 5.75 Å². The molecule has 1 aliphatic heterocycles. The number of amides is 1. The molecule has 1 aliphatic carbocycles. The highest BCUT2D eigenvalue weighted by Crippen LogP contribution is 2.37. The van der Waals surface area contributed by atoms with Crippen molar-refractivity contribution in [2.75, 3.05) is 6.61 Å². The number of carbonyl (C=O) groups is 1. The first kappa shape index (κ1) is 12.4. The second kappa shape index (κ2) is 4.79. The van der Waals surface area contributed by atoms with Gasteiger partial charge < -0.3 is 20.9 Å². The summed E-state index contributed by atoms with van der Waals surface area (Å²) in [5, 5.41) is 12.2. The first-order chi connectivity index (χ1) is 9.16. The van der Waals surface area contributed by atoms with E-state index in [9.17, 15) is 9.90 Å². The van der Waals surface area contributed by atoms with Gasteiger partial charge in [0.25, 0.3) is 5.91 Å². The standard InChI is InChI=1S/C13H17N3O3/c14-10-9-2-1-3-19-12(9)11(10)16-13(18)7-4-8(17)6-15-5-7/h4-6,9-12,17H,1-3,14H2,(H,16,18). The minimum Gasteiger partial charge on any atom is -0.506 e. The number of aromatic nitrogens is 1. The zero-order valence-corrected chi connectivity index (χ0v) is 10.5. The number of pyridine rings is 1. The summed E-state index contributed by atoms with van der Waals surface area (Å²) in [5.74, 6) is 0.0372. The fourth-order valence-corrected chi connectivity index (χ4v) is 2.91. The van der Waals surface area contributed by atoms with Gasteiger partial charge in [-0.2, -0.15) is 0 Å². The summed E-state index contributed by atoms with van der Waals surface area (Å²) in [7, 11) is 0. The van der Waals surface area contributed by atoms with E-state index in [4.69, 9.17) is 10.5 Å². The van der Waals surface area contributed by atoms with Gasteiger partial charge in [-0.15, -0.1) is 0 Å². The summed E-state index contributed by atoms with van der Waals surface area (Å²) in [6.45, 7) is 0.730. The normalized spacial score (nSPS) is 33.1. The number of nitrogens with zero attached hydrogens (tertiary/aromatic N) is 1. The van der Waals surface area contributed by atoms with E-state index in [1.807, 2.05) is 0 Å². The van der Waals surface area contributed by atoms with Crippen LogP contribution < -0.4 is 11.1 Å². The minimum atomic E-state index is -0.281. The Labute approximate surface area is 111 Å². The molecule has 6 nitrogen and oxygen atoms in total. The number of hydrogen-bond acceptors (Lipinski definition) is 5. The molecule has 1 saturated heterocycles. The number of ether oxygens (including phenoxy) is 1. The average molecular weight is 263 g/mol. The Bertz CT molecular complexity index is 494. The van der Waals surface area contributed by atoms with Crippen LogP contribution in [0, 0.1) is 5.92 Å². The topological polar surface area (TPSA) is 97.5 Å². The van der Waals surface area contributed by atoms with E-state index in [0.717, 1.165) is 19.4 Å². The van der Waals surface area contributed by atoms with E-state index in [2.05, 4.69) is 10.3 Å². The number of aromatic hydroxyl groups is 1. The number of rotatable bonds is 2. The van der Waals surface area contributed by atoms with E-state index >= 15 is 0 Å². The molecule has 4 N–H and O–H groups in total. The molecule has 19 heavy (non-hydrogen) atoms. The SMILES string of the molecule is NC1C2CCCOC2C1NC(=O)c1cncc(O)c1. The highest BCUT2D eigenvalue weighted by molar-refractivity contribution is 5.94. The zero-order valence-electron chi connectivity index (χ0n) is 10.5. The molecule has 6 heteroatoms. The van der Waals surface area contributed by atoms with E-state index < -0.39 is 0 Å². The quantitative estimate of drug-likeness (QED) is 0.699. The molecular formula is C13H17N3O3. The Kier molecular flexibility index (Phi) is 3.12. The third-order valence-electron chi connectivity index (χ3n) is 3.96. The fraction of sp³-hybridized carbons (Fsp3) is 0.538. The lowest BCUT2D eigenvalue weighted by molar-refractivity contribution is -0.117. The summed E-state index contributed by atoms with van der Waals surface area (Å²) in [6, 6.07) is 1.17. The lowest BCUT2D eigenvalue weighted by atomic mass is 9.68. The first-order valence-electron chi connectivity index (χ1n) is 6.49. The summed E-state index contributed by atoms with van der Waals surface area (Å²) >= 11 is 0. The lowest BCUT2D eigenvalue weighted by Crippen LogP contribution is -2.72. The number of hydrogen-bond donors (Lipinski definition) is 3. The van der Waals surface area contributed by atoms with Gasteiger partial charge in [0.2, 0.25) is 0 Å². The number of nitrogens with one attached hydrogen (secondary N) is 1. The molecule has 1 aromatic rings. The molecule has 0 spiro atoms. The Balaban J connectivity index is 1.67. The van der Waals surface area contributed by atoms with Crippen molar-refractivity contribution >= 4 is 5.91 Å². The van der Waals surface area contributed by atoms with Gasteiger partial charge in [-0.25, -0.2) is 0 Å². The summed E-state index contributed by atoms with van der Waals surface area (Å²) in [5.41, 5.74) is 6.40. The van der Waals surface area contributed by atoms with Crippen LogP contribution in [0.1, 0.15) is 23.2 Å². The van der Waals surface area contributed by atoms with Crippen LogP contribution in [0.5, 0.6) is 5.75 Å². The second-order valence-electron chi connectivity index (χ2n) is 5.15. The maximum Gasteiger partial charge on any atom is 0.253 e. The van der Waals surface area contributed by atoms with Gasteiger partial charge in [0.15, 0.2) is 0 Å². The van der Waals surface area contributed by atoms with Crippen LogP contribution in [-0.4, -0.2) is 40.8 Å². The van der Waals surface area contributed by atoms with Gasteiger partial charge in [0, 0.05) is 24.8 Å². The molecule has 2 heterocycles. The molecule has 2 aliphatic rings. The molecular weight excluding hydrogens is 246 g/mol. The Morgan fingerprint density at radius 1 is 1.53 bits per heavy atom. The second-order valence-corrected chi connectivity index (χ2v) is 5.15. The molecule has 4 atom stereocenters. The molecule has 0 aromatic carbocycles. The summed E-state index contributed by atoms with van der Waals surface area (Å²) < 4.78 is 5.66. The maximum absolute atomic E-state index is 12.0. The van der Waals surface area contributed by atoms with Gasteiger partial charge >= 0.3 is 0 Å². The first-order valence-corrected chi connectivity index (χ1v) is 6.49. The van der Waals surface area contributed by atoms with Crippen molar-refractivity contribution in [1.29, 1.82) is 0 Å². The summed E-state index contributed by atoms with van der Waals surface area (Å²) in [6.07, 6.45) is 4.82. The smallest absolute Gasteiger partial charge is 0.253 e. The van der Waals surface area contributed by atoms with E-state index in [-0.39, 0.29) is 29.8 Å². The van der Waals surface area contributed by atoms with Crippen molar-refractivity contribution in [2.24, 2.45) is 11.7 Å². The number of nitrogens with two attached hydrogens (primary N) is 1. The van der Waals surface area contributed by atoms with Crippen molar-refractivity contribution < 1.29 is 14.6 Å².